The predicted octanol–water partition coefficient (Wildman–Crippen LogP) is 1.05. The Hall–Kier alpha value is -0.850. The fourth-order valence-corrected chi connectivity index (χ4v) is 2.37. The lowest BCUT2D eigenvalue weighted by molar-refractivity contribution is 0.122. The number of rotatable bonds is 5. The fraction of sp³-hybridized carbons (Fsp3) is 0.636. The first-order valence-corrected chi connectivity index (χ1v) is 6.65. The molecule has 94 valence electrons. The van der Waals surface area contributed by atoms with E-state index < -0.39 is 0 Å². The molecule has 17 heavy (non-hydrogen) atoms. The van der Waals surface area contributed by atoms with Crippen LogP contribution in [0, 0.1) is 0 Å². The Morgan fingerprint density at radius 3 is 3.00 bits per heavy atom. The highest BCUT2D eigenvalue weighted by Gasteiger charge is 2.12. The smallest absolute Gasteiger partial charge is 0.133 e. The first-order valence-electron chi connectivity index (χ1n) is 5.66. The van der Waals surface area contributed by atoms with Gasteiger partial charge in [0, 0.05) is 32.0 Å². The molecular formula is C11H17N3O2S. The lowest BCUT2D eigenvalue weighted by atomic mass is 10.4. The highest BCUT2D eigenvalue weighted by Crippen LogP contribution is 2.20. The van der Waals surface area contributed by atoms with Crippen LogP contribution in [0.25, 0.3) is 0 Å². The molecule has 0 atom stereocenters. The van der Waals surface area contributed by atoms with E-state index in [9.17, 15) is 0 Å². The molecule has 1 aliphatic heterocycles. The summed E-state index contributed by atoms with van der Waals surface area (Å²) in [5.41, 5.74) is 0. The fourth-order valence-electron chi connectivity index (χ4n) is 1.60. The van der Waals surface area contributed by atoms with Crippen LogP contribution >= 0.6 is 11.8 Å². The molecule has 6 heteroatoms. The second-order valence-corrected chi connectivity index (χ2v) is 4.77. The maximum atomic E-state index is 5.32. The molecular weight excluding hydrogens is 238 g/mol. The number of nitrogens with zero attached hydrogens (tertiary/aromatic N) is 3. The SMILES string of the molecule is COCCSc1cc(N2CCOCC2)ncn1. The summed E-state index contributed by atoms with van der Waals surface area (Å²) < 4.78 is 10.3. The first kappa shape index (κ1) is 12.6. The summed E-state index contributed by atoms with van der Waals surface area (Å²) in [6.45, 7) is 4.09. The van der Waals surface area contributed by atoms with Crippen LogP contribution in [0.15, 0.2) is 17.4 Å². The zero-order valence-electron chi connectivity index (χ0n) is 9.96. The van der Waals surface area contributed by atoms with Gasteiger partial charge in [0.2, 0.25) is 0 Å². The molecule has 1 saturated heterocycles. The largest absolute Gasteiger partial charge is 0.384 e. The second kappa shape index (κ2) is 6.78. The Morgan fingerprint density at radius 1 is 1.41 bits per heavy atom. The normalized spacial score (nSPS) is 16.2. The van der Waals surface area contributed by atoms with Crippen molar-refractivity contribution >= 4 is 17.6 Å². The average molecular weight is 255 g/mol. The van der Waals surface area contributed by atoms with Gasteiger partial charge < -0.3 is 14.4 Å². The van der Waals surface area contributed by atoms with Gasteiger partial charge in [-0.1, -0.05) is 0 Å². The summed E-state index contributed by atoms with van der Waals surface area (Å²) in [5.74, 6) is 1.90. The Kier molecular flexibility index (Phi) is 5.03. The van der Waals surface area contributed by atoms with E-state index in [1.165, 1.54) is 0 Å². The first-order chi connectivity index (χ1) is 8.40. The Labute approximate surface area is 106 Å². The van der Waals surface area contributed by atoms with Gasteiger partial charge >= 0.3 is 0 Å². The van der Waals surface area contributed by atoms with Crippen LogP contribution in [0.2, 0.25) is 0 Å². The van der Waals surface area contributed by atoms with Gasteiger partial charge in [-0.2, -0.15) is 0 Å². The maximum absolute atomic E-state index is 5.32. The number of hydrogen-bond donors (Lipinski definition) is 0. The van der Waals surface area contributed by atoms with E-state index in [1.807, 2.05) is 6.07 Å². The molecule has 0 aromatic carbocycles. The highest BCUT2D eigenvalue weighted by molar-refractivity contribution is 7.99. The van der Waals surface area contributed by atoms with Crippen molar-refractivity contribution < 1.29 is 9.47 Å². The van der Waals surface area contributed by atoms with Gasteiger partial charge in [0.05, 0.1) is 19.8 Å². The molecule has 0 radical (unpaired) electrons. The molecule has 0 amide bonds. The van der Waals surface area contributed by atoms with Gasteiger partial charge in [-0.05, 0) is 0 Å². The minimum atomic E-state index is 0.738. The van der Waals surface area contributed by atoms with Gasteiger partial charge in [0.1, 0.15) is 17.2 Å². The number of hydrogen-bond acceptors (Lipinski definition) is 6. The van der Waals surface area contributed by atoms with Crippen LogP contribution in [0.4, 0.5) is 5.82 Å². The average Bonchev–Trinajstić information content (AvgIpc) is 2.41. The summed E-state index contributed by atoms with van der Waals surface area (Å²) in [4.78, 5) is 10.8. The molecule has 1 aromatic heterocycles. The Bertz CT molecular complexity index is 345. The number of morpholine rings is 1. The molecule has 0 saturated carbocycles. The number of methoxy groups -OCH3 is 1. The van der Waals surface area contributed by atoms with Crippen molar-refractivity contribution in [2.75, 3.05) is 50.7 Å². The van der Waals surface area contributed by atoms with E-state index in [0.717, 1.165) is 49.5 Å². The standard InChI is InChI=1S/C11H17N3O2S/c1-15-6-7-17-11-8-10(12-9-13-11)14-2-4-16-5-3-14/h8-9H,2-7H2,1H3. The summed E-state index contributed by atoms with van der Waals surface area (Å²) in [7, 11) is 1.71. The van der Waals surface area contributed by atoms with Crippen LogP contribution in [0.3, 0.4) is 0 Å². The lowest BCUT2D eigenvalue weighted by Crippen LogP contribution is -2.36. The van der Waals surface area contributed by atoms with E-state index >= 15 is 0 Å². The van der Waals surface area contributed by atoms with Crippen molar-refractivity contribution in [3.63, 3.8) is 0 Å². The Balaban J connectivity index is 1.95. The molecule has 1 fully saturated rings. The van der Waals surface area contributed by atoms with Crippen LogP contribution in [-0.2, 0) is 9.47 Å². The van der Waals surface area contributed by atoms with Crippen molar-refractivity contribution in [1.29, 1.82) is 0 Å². The van der Waals surface area contributed by atoms with Crippen LogP contribution < -0.4 is 4.90 Å². The minimum Gasteiger partial charge on any atom is -0.384 e. The van der Waals surface area contributed by atoms with Crippen molar-refractivity contribution in [3.05, 3.63) is 12.4 Å². The number of anilines is 1. The van der Waals surface area contributed by atoms with E-state index in [0.29, 0.717) is 0 Å². The highest BCUT2D eigenvalue weighted by atomic mass is 32.2. The third-order valence-electron chi connectivity index (χ3n) is 2.50. The topological polar surface area (TPSA) is 47.5 Å². The van der Waals surface area contributed by atoms with Crippen molar-refractivity contribution in [1.82, 2.24) is 9.97 Å². The minimum absolute atomic E-state index is 0.738. The zero-order valence-corrected chi connectivity index (χ0v) is 10.8. The van der Waals surface area contributed by atoms with Crippen molar-refractivity contribution in [2.24, 2.45) is 0 Å². The van der Waals surface area contributed by atoms with Gasteiger partial charge in [0.15, 0.2) is 0 Å². The second-order valence-electron chi connectivity index (χ2n) is 3.66. The van der Waals surface area contributed by atoms with Gasteiger partial charge in [-0.15, -0.1) is 11.8 Å². The van der Waals surface area contributed by atoms with E-state index in [2.05, 4.69) is 14.9 Å². The van der Waals surface area contributed by atoms with Crippen LogP contribution in [0.5, 0.6) is 0 Å². The summed E-state index contributed by atoms with van der Waals surface area (Å²) in [6, 6.07) is 2.03. The lowest BCUT2D eigenvalue weighted by Gasteiger charge is -2.27. The number of aromatic nitrogens is 2. The molecule has 5 nitrogen and oxygen atoms in total. The molecule has 0 spiro atoms. The van der Waals surface area contributed by atoms with Gasteiger partial charge in [-0.3, -0.25) is 0 Å². The summed E-state index contributed by atoms with van der Waals surface area (Å²) in [6.07, 6.45) is 1.62. The van der Waals surface area contributed by atoms with Crippen LogP contribution in [0.1, 0.15) is 0 Å². The summed E-state index contributed by atoms with van der Waals surface area (Å²) >= 11 is 1.69. The van der Waals surface area contributed by atoms with E-state index in [-0.39, 0.29) is 0 Å². The van der Waals surface area contributed by atoms with Crippen LogP contribution in [-0.4, -0.2) is 55.7 Å². The quantitative estimate of drug-likeness (QED) is 0.445. The van der Waals surface area contributed by atoms with E-state index in [4.69, 9.17) is 9.47 Å². The molecule has 0 N–H and O–H groups in total. The third-order valence-corrected chi connectivity index (χ3v) is 3.39. The monoisotopic (exact) mass is 255 g/mol. The molecule has 1 aliphatic rings. The summed E-state index contributed by atoms with van der Waals surface area (Å²) in [5, 5.41) is 0.999. The number of thioether (sulfide) groups is 1. The van der Waals surface area contributed by atoms with Crippen molar-refractivity contribution in [3.8, 4) is 0 Å². The van der Waals surface area contributed by atoms with Gasteiger partial charge in [0.25, 0.3) is 0 Å². The van der Waals surface area contributed by atoms with Crippen molar-refractivity contribution in [2.45, 2.75) is 5.03 Å². The Morgan fingerprint density at radius 2 is 2.24 bits per heavy atom. The predicted molar refractivity (Wildman–Crippen MR) is 67.7 cm³/mol. The third kappa shape index (κ3) is 3.83. The molecule has 0 unspecified atom stereocenters. The molecule has 2 rings (SSSR count). The maximum Gasteiger partial charge on any atom is 0.133 e. The van der Waals surface area contributed by atoms with Gasteiger partial charge in [-0.25, -0.2) is 9.97 Å². The molecule has 2 heterocycles. The van der Waals surface area contributed by atoms with E-state index in [1.54, 1.807) is 25.2 Å². The number of ether oxygens (including phenoxy) is 2. The molecule has 0 aliphatic carbocycles. The molecule has 1 aromatic rings. The zero-order chi connectivity index (χ0) is 11.9. The molecule has 0 bridgehead atoms.